The molecule has 1 N–H and O–H groups in total. The van der Waals surface area contributed by atoms with Gasteiger partial charge < -0.3 is 9.84 Å². The molecular formula is C16H14O4. The van der Waals surface area contributed by atoms with Crippen LogP contribution in [0.1, 0.15) is 12.5 Å². The number of aliphatic carboxylic acids is 1. The van der Waals surface area contributed by atoms with E-state index in [0.29, 0.717) is 5.75 Å². The maximum atomic E-state index is 10.8. The molecular weight excluding hydrogens is 256 g/mol. The summed E-state index contributed by atoms with van der Waals surface area (Å²) in [5, 5.41) is 8.71. The van der Waals surface area contributed by atoms with Crippen LogP contribution in [0.15, 0.2) is 48.5 Å². The predicted octanol–water partition coefficient (Wildman–Crippen LogP) is 2.91. The summed E-state index contributed by atoms with van der Waals surface area (Å²) in [6.45, 7) is 1.36. The van der Waals surface area contributed by atoms with Gasteiger partial charge in [-0.25, -0.2) is 0 Å². The molecule has 0 aliphatic rings. The van der Waals surface area contributed by atoms with Gasteiger partial charge in [0.15, 0.2) is 0 Å². The molecule has 0 atom stereocenters. The van der Waals surface area contributed by atoms with E-state index in [4.69, 9.17) is 9.84 Å². The summed E-state index contributed by atoms with van der Waals surface area (Å²) in [7, 11) is 0. The minimum Gasteiger partial charge on any atom is -0.481 e. The lowest BCUT2D eigenvalue weighted by Crippen LogP contribution is -2.00. The molecule has 0 bridgehead atoms. The highest BCUT2D eigenvalue weighted by Gasteiger charge is 2.03. The summed E-state index contributed by atoms with van der Waals surface area (Å²) in [5.74, 6) is -0.692. The van der Waals surface area contributed by atoms with Gasteiger partial charge in [0, 0.05) is 6.92 Å². The summed E-state index contributed by atoms with van der Waals surface area (Å²) in [5.41, 5.74) is 2.72. The minimum absolute atomic E-state index is 0.0195. The van der Waals surface area contributed by atoms with Gasteiger partial charge in [0.25, 0.3) is 0 Å². The van der Waals surface area contributed by atoms with Crippen molar-refractivity contribution in [3.05, 3.63) is 54.1 Å². The highest BCUT2D eigenvalue weighted by atomic mass is 16.5. The molecule has 4 nitrogen and oxygen atoms in total. The van der Waals surface area contributed by atoms with Crippen molar-refractivity contribution in [2.45, 2.75) is 13.3 Å². The van der Waals surface area contributed by atoms with Crippen LogP contribution in [0.3, 0.4) is 0 Å². The number of carboxylic acids is 1. The smallest absolute Gasteiger partial charge is 0.308 e. The van der Waals surface area contributed by atoms with E-state index in [9.17, 15) is 9.59 Å². The minimum atomic E-state index is -0.844. The Hall–Kier alpha value is -2.62. The quantitative estimate of drug-likeness (QED) is 0.685. The lowest BCUT2D eigenvalue weighted by molar-refractivity contribution is -0.136. The molecule has 0 aliphatic carbocycles. The number of carbonyl (C=O) groups excluding carboxylic acids is 1. The standard InChI is InChI=1S/C16H14O4/c1-11(17)20-15-8-6-14(7-9-15)13-4-2-12(3-5-13)10-16(18)19/h2-9H,10H2,1H3,(H,18,19). The molecule has 0 spiro atoms. The molecule has 0 unspecified atom stereocenters. The first-order chi connectivity index (χ1) is 9.54. The highest BCUT2D eigenvalue weighted by Crippen LogP contribution is 2.23. The van der Waals surface area contributed by atoms with E-state index in [2.05, 4.69) is 0 Å². The molecule has 0 saturated carbocycles. The van der Waals surface area contributed by atoms with Gasteiger partial charge in [0.2, 0.25) is 0 Å². The fraction of sp³-hybridized carbons (Fsp3) is 0.125. The zero-order valence-corrected chi connectivity index (χ0v) is 11.0. The van der Waals surface area contributed by atoms with Gasteiger partial charge in [-0.15, -0.1) is 0 Å². The molecule has 102 valence electrons. The molecule has 0 radical (unpaired) electrons. The topological polar surface area (TPSA) is 63.6 Å². The van der Waals surface area contributed by atoms with Crippen LogP contribution < -0.4 is 4.74 Å². The average molecular weight is 270 g/mol. The molecule has 20 heavy (non-hydrogen) atoms. The van der Waals surface area contributed by atoms with E-state index in [-0.39, 0.29) is 12.4 Å². The number of rotatable bonds is 4. The van der Waals surface area contributed by atoms with Crippen molar-refractivity contribution in [1.29, 1.82) is 0 Å². The SMILES string of the molecule is CC(=O)Oc1ccc(-c2ccc(CC(=O)O)cc2)cc1. The summed E-state index contributed by atoms with van der Waals surface area (Å²) < 4.78 is 4.96. The summed E-state index contributed by atoms with van der Waals surface area (Å²) in [4.78, 5) is 21.4. The molecule has 4 heteroatoms. The highest BCUT2D eigenvalue weighted by molar-refractivity contribution is 5.72. The van der Waals surface area contributed by atoms with Crippen molar-refractivity contribution in [1.82, 2.24) is 0 Å². The van der Waals surface area contributed by atoms with Crippen LogP contribution in [0.2, 0.25) is 0 Å². The summed E-state index contributed by atoms with van der Waals surface area (Å²) in [6, 6.07) is 14.5. The monoisotopic (exact) mass is 270 g/mol. The van der Waals surface area contributed by atoms with Crippen LogP contribution in [0.5, 0.6) is 5.75 Å². The van der Waals surface area contributed by atoms with Gasteiger partial charge in [0.1, 0.15) is 5.75 Å². The summed E-state index contributed by atoms with van der Waals surface area (Å²) >= 11 is 0. The first kappa shape index (κ1) is 13.8. The maximum Gasteiger partial charge on any atom is 0.308 e. The molecule has 2 aromatic carbocycles. The van der Waals surface area contributed by atoms with E-state index in [1.165, 1.54) is 6.92 Å². The number of benzene rings is 2. The van der Waals surface area contributed by atoms with Gasteiger partial charge in [-0.2, -0.15) is 0 Å². The lowest BCUT2D eigenvalue weighted by atomic mass is 10.0. The van der Waals surface area contributed by atoms with Gasteiger partial charge in [-0.1, -0.05) is 36.4 Å². The van der Waals surface area contributed by atoms with Crippen LogP contribution in [-0.2, 0) is 16.0 Å². The second kappa shape index (κ2) is 6.02. The van der Waals surface area contributed by atoms with Gasteiger partial charge >= 0.3 is 11.9 Å². The lowest BCUT2D eigenvalue weighted by Gasteiger charge is -2.05. The van der Waals surface area contributed by atoms with E-state index in [1.54, 1.807) is 24.3 Å². The molecule has 0 heterocycles. The molecule has 0 saturated heterocycles. The van der Waals surface area contributed by atoms with Crippen molar-refractivity contribution in [3.8, 4) is 16.9 Å². The first-order valence-corrected chi connectivity index (χ1v) is 6.14. The number of ether oxygens (including phenoxy) is 1. The third-order valence-electron chi connectivity index (χ3n) is 2.76. The van der Waals surface area contributed by atoms with Crippen molar-refractivity contribution in [3.63, 3.8) is 0 Å². The van der Waals surface area contributed by atoms with Crippen molar-refractivity contribution >= 4 is 11.9 Å². The van der Waals surface area contributed by atoms with Crippen LogP contribution in [-0.4, -0.2) is 17.0 Å². The Morgan fingerprint density at radius 3 is 1.90 bits per heavy atom. The van der Waals surface area contributed by atoms with E-state index in [1.807, 2.05) is 24.3 Å². The van der Waals surface area contributed by atoms with Gasteiger partial charge in [-0.05, 0) is 28.8 Å². The number of esters is 1. The Bertz CT molecular complexity index is 554. The third kappa shape index (κ3) is 3.68. The zero-order chi connectivity index (χ0) is 14.5. The number of hydrogen-bond acceptors (Lipinski definition) is 3. The molecule has 0 amide bonds. The number of carbonyl (C=O) groups is 2. The Morgan fingerprint density at radius 2 is 1.45 bits per heavy atom. The van der Waals surface area contributed by atoms with E-state index in [0.717, 1.165) is 16.7 Å². The second-order valence-electron chi connectivity index (χ2n) is 4.39. The van der Waals surface area contributed by atoms with Crippen molar-refractivity contribution < 1.29 is 19.4 Å². The average Bonchev–Trinajstić information content (AvgIpc) is 2.39. The molecule has 0 fully saturated rings. The Balaban J connectivity index is 2.15. The molecule has 2 rings (SSSR count). The molecule has 2 aromatic rings. The number of carboxylic acid groups (broad SMARTS) is 1. The second-order valence-corrected chi connectivity index (χ2v) is 4.39. The van der Waals surface area contributed by atoms with E-state index < -0.39 is 5.97 Å². The Labute approximate surface area is 116 Å². The molecule has 0 aliphatic heterocycles. The summed E-state index contributed by atoms with van der Waals surface area (Å²) in [6.07, 6.45) is 0.0195. The van der Waals surface area contributed by atoms with Crippen LogP contribution in [0.4, 0.5) is 0 Å². The fourth-order valence-corrected chi connectivity index (χ4v) is 1.87. The Kier molecular flexibility index (Phi) is 4.15. The van der Waals surface area contributed by atoms with Crippen LogP contribution in [0.25, 0.3) is 11.1 Å². The Morgan fingerprint density at radius 1 is 0.950 bits per heavy atom. The fourth-order valence-electron chi connectivity index (χ4n) is 1.87. The molecule has 0 aromatic heterocycles. The maximum absolute atomic E-state index is 10.8. The normalized spacial score (nSPS) is 10.1. The van der Waals surface area contributed by atoms with Crippen molar-refractivity contribution in [2.24, 2.45) is 0 Å². The van der Waals surface area contributed by atoms with Gasteiger partial charge in [-0.3, -0.25) is 9.59 Å². The van der Waals surface area contributed by atoms with Gasteiger partial charge in [0.05, 0.1) is 6.42 Å². The van der Waals surface area contributed by atoms with Crippen LogP contribution >= 0.6 is 0 Å². The zero-order valence-electron chi connectivity index (χ0n) is 11.0. The largest absolute Gasteiger partial charge is 0.481 e. The third-order valence-corrected chi connectivity index (χ3v) is 2.76. The predicted molar refractivity (Wildman–Crippen MR) is 74.5 cm³/mol. The van der Waals surface area contributed by atoms with Crippen molar-refractivity contribution in [2.75, 3.05) is 0 Å². The van der Waals surface area contributed by atoms with Crippen LogP contribution in [0, 0.1) is 0 Å². The first-order valence-electron chi connectivity index (χ1n) is 6.14. The van der Waals surface area contributed by atoms with E-state index >= 15 is 0 Å². The number of hydrogen-bond donors (Lipinski definition) is 1.